The molecule has 0 aliphatic carbocycles. The Labute approximate surface area is 189 Å². The Morgan fingerprint density at radius 1 is 0.667 bits per heavy atom. The van der Waals surface area contributed by atoms with Gasteiger partial charge in [0.2, 0.25) is 5.91 Å². The SMILES string of the molecule is CCCCCCC(CCCC)CCCCN1CCN(C(=O)C(CC)CCCC)CC1. The van der Waals surface area contributed by atoms with Crippen LogP contribution in [0.15, 0.2) is 0 Å². The van der Waals surface area contributed by atoms with Crippen LogP contribution in [-0.4, -0.2) is 48.4 Å². The highest BCUT2D eigenvalue weighted by molar-refractivity contribution is 5.78. The molecule has 1 amide bonds. The van der Waals surface area contributed by atoms with Crippen molar-refractivity contribution in [1.29, 1.82) is 0 Å². The molecule has 0 aromatic carbocycles. The van der Waals surface area contributed by atoms with Crippen LogP contribution in [0.1, 0.15) is 124 Å². The lowest BCUT2D eigenvalue weighted by molar-refractivity contribution is -0.137. The first kappa shape index (κ1) is 27.5. The van der Waals surface area contributed by atoms with E-state index < -0.39 is 0 Å². The summed E-state index contributed by atoms with van der Waals surface area (Å²) in [6.07, 6.45) is 19.9. The first-order valence-electron chi connectivity index (χ1n) is 13.7. The molecule has 0 aromatic rings. The zero-order chi connectivity index (χ0) is 22.0. The van der Waals surface area contributed by atoms with Crippen LogP contribution in [-0.2, 0) is 4.79 Å². The van der Waals surface area contributed by atoms with Crippen molar-refractivity contribution >= 4 is 5.91 Å². The minimum atomic E-state index is 0.258. The molecule has 3 heteroatoms. The van der Waals surface area contributed by atoms with Gasteiger partial charge in [-0.2, -0.15) is 0 Å². The zero-order valence-electron chi connectivity index (χ0n) is 21.1. The fourth-order valence-electron chi connectivity index (χ4n) is 4.96. The van der Waals surface area contributed by atoms with E-state index in [1.807, 2.05) is 0 Å². The predicted octanol–water partition coefficient (Wildman–Crippen LogP) is 7.29. The second-order valence-electron chi connectivity index (χ2n) is 9.77. The number of carbonyl (C=O) groups is 1. The number of unbranched alkanes of at least 4 members (excludes halogenated alkanes) is 6. The number of hydrogen-bond acceptors (Lipinski definition) is 2. The van der Waals surface area contributed by atoms with Gasteiger partial charge < -0.3 is 4.90 Å². The van der Waals surface area contributed by atoms with Gasteiger partial charge >= 0.3 is 0 Å². The van der Waals surface area contributed by atoms with E-state index in [2.05, 4.69) is 37.5 Å². The molecule has 3 nitrogen and oxygen atoms in total. The van der Waals surface area contributed by atoms with Gasteiger partial charge in [-0.1, -0.05) is 105 Å². The molecule has 1 aliphatic rings. The first-order valence-corrected chi connectivity index (χ1v) is 13.7. The Morgan fingerprint density at radius 3 is 1.83 bits per heavy atom. The smallest absolute Gasteiger partial charge is 0.225 e. The van der Waals surface area contributed by atoms with Crippen molar-refractivity contribution in [2.24, 2.45) is 11.8 Å². The van der Waals surface area contributed by atoms with Crippen molar-refractivity contribution in [3.05, 3.63) is 0 Å². The van der Waals surface area contributed by atoms with Gasteiger partial charge in [-0.15, -0.1) is 0 Å². The summed E-state index contributed by atoms with van der Waals surface area (Å²) in [6, 6.07) is 0. The maximum atomic E-state index is 12.8. The van der Waals surface area contributed by atoms with E-state index in [1.165, 1.54) is 90.0 Å². The van der Waals surface area contributed by atoms with Gasteiger partial charge in [0.25, 0.3) is 0 Å². The number of rotatable bonds is 18. The lowest BCUT2D eigenvalue weighted by Gasteiger charge is -2.36. The third kappa shape index (κ3) is 11.7. The molecule has 0 radical (unpaired) electrons. The summed E-state index contributed by atoms with van der Waals surface area (Å²) >= 11 is 0. The van der Waals surface area contributed by atoms with E-state index >= 15 is 0 Å². The van der Waals surface area contributed by atoms with Crippen LogP contribution in [0.5, 0.6) is 0 Å². The molecule has 0 spiro atoms. The van der Waals surface area contributed by atoms with Gasteiger partial charge in [-0.05, 0) is 31.7 Å². The lowest BCUT2D eigenvalue weighted by Crippen LogP contribution is -2.50. The standard InChI is InChI=1S/C27H54N2O/c1-5-9-12-13-17-25(16-10-6-2)18-14-15-20-28-21-23-29(24-22-28)27(30)26(8-4)19-11-7-3/h25-26H,5-24H2,1-4H3. The highest BCUT2D eigenvalue weighted by Gasteiger charge is 2.25. The first-order chi connectivity index (χ1) is 14.7. The molecule has 1 saturated heterocycles. The summed E-state index contributed by atoms with van der Waals surface area (Å²) in [6.45, 7) is 14.3. The molecule has 30 heavy (non-hydrogen) atoms. The molecule has 0 N–H and O–H groups in total. The zero-order valence-corrected chi connectivity index (χ0v) is 21.1. The van der Waals surface area contributed by atoms with Crippen LogP contribution >= 0.6 is 0 Å². The summed E-state index contributed by atoms with van der Waals surface area (Å²) in [7, 11) is 0. The molecule has 0 bridgehead atoms. The van der Waals surface area contributed by atoms with Crippen LogP contribution in [0.2, 0.25) is 0 Å². The van der Waals surface area contributed by atoms with Crippen molar-refractivity contribution in [1.82, 2.24) is 9.80 Å². The minimum absolute atomic E-state index is 0.258. The Hall–Kier alpha value is -0.570. The van der Waals surface area contributed by atoms with Gasteiger partial charge in [0, 0.05) is 32.1 Å². The average Bonchev–Trinajstić information content (AvgIpc) is 2.78. The van der Waals surface area contributed by atoms with E-state index in [0.29, 0.717) is 5.91 Å². The summed E-state index contributed by atoms with van der Waals surface area (Å²) in [5.41, 5.74) is 0. The Bertz CT molecular complexity index is 404. The monoisotopic (exact) mass is 422 g/mol. The average molecular weight is 423 g/mol. The van der Waals surface area contributed by atoms with Gasteiger partial charge in [0.05, 0.1) is 0 Å². The number of piperazine rings is 1. The van der Waals surface area contributed by atoms with Gasteiger partial charge in [0.1, 0.15) is 0 Å². The molecule has 178 valence electrons. The summed E-state index contributed by atoms with van der Waals surface area (Å²) < 4.78 is 0. The third-order valence-corrected chi connectivity index (χ3v) is 7.20. The van der Waals surface area contributed by atoms with Crippen LogP contribution in [0.4, 0.5) is 0 Å². The number of nitrogens with zero attached hydrogens (tertiary/aromatic N) is 2. The highest BCUT2D eigenvalue weighted by atomic mass is 16.2. The normalized spacial score (nSPS) is 17.3. The van der Waals surface area contributed by atoms with E-state index in [0.717, 1.165) is 44.9 Å². The maximum Gasteiger partial charge on any atom is 0.225 e. The predicted molar refractivity (Wildman–Crippen MR) is 132 cm³/mol. The second-order valence-corrected chi connectivity index (χ2v) is 9.77. The fraction of sp³-hybridized carbons (Fsp3) is 0.963. The Morgan fingerprint density at radius 2 is 1.23 bits per heavy atom. The quantitative estimate of drug-likeness (QED) is 0.216. The molecule has 0 aromatic heterocycles. The largest absolute Gasteiger partial charge is 0.340 e. The summed E-state index contributed by atoms with van der Waals surface area (Å²) in [4.78, 5) is 17.5. The molecule has 1 fully saturated rings. The van der Waals surface area contributed by atoms with Crippen LogP contribution < -0.4 is 0 Å². The lowest BCUT2D eigenvalue weighted by atomic mass is 9.90. The molecule has 2 atom stereocenters. The van der Waals surface area contributed by atoms with Gasteiger partial charge in [-0.25, -0.2) is 0 Å². The maximum absolute atomic E-state index is 12.8. The van der Waals surface area contributed by atoms with Crippen molar-refractivity contribution < 1.29 is 4.79 Å². The topological polar surface area (TPSA) is 23.6 Å². The van der Waals surface area contributed by atoms with Crippen molar-refractivity contribution in [2.75, 3.05) is 32.7 Å². The molecule has 1 aliphatic heterocycles. The van der Waals surface area contributed by atoms with E-state index in [-0.39, 0.29) is 5.92 Å². The van der Waals surface area contributed by atoms with Gasteiger partial charge in [-0.3, -0.25) is 9.69 Å². The molecule has 0 saturated carbocycles. The van der Waals surface area contributed by atoms with E-state index in [9.17, 15) is 4.79 Å². The van der Waals surface area contributed by atoms with Crippen LogP contribution in [0.25, 0.3) is 0 Å². The Kier molecular flexibility index (Phi) is 16.5. The molecule has 1 rings (SSSR count). The summed E-state index contributed by atoms with van der Waals surface area (Å²) in [5, 5.41) is 0. The molecular weight excluding hydrogens is 368 g/mol. The van der Waals surface area contributed by atoms with Crippen LogP contribution in [0.3, 0.4) is 0 Å². The van der Waals surface area contributed by atoms with Crippen molar-refractivity contribution in [3.8, 4) is 0 Å². The third-order valence-electron chi connectivity index (χ3n) is 7.20. The fourth-order valence-corrected chi connectivity index (χ4v) is 4.96. The molecule has 2 unspecified atom stereocenters. The van der Waals surface area contributed by atoms with Gasteiger partial charge in [0.15, 0.2) is 0 Å². The van der Waals surface area contributed by atoms with E-state index in [1.54, 1.807) is 0 Å². The summed E-state index contributed by atoms with van der Waals surface area (Å²) in [5.74, 6) is 1.65. The molecular formula is C27H54N2O. The number of carbonyl (C=O) groups excluding carboxylic acids is 1. The minimum Gasteiger partial charge on any atom is -0.340 e. The van der Waals surface area contributed by atoms with Crippen LogP contribution in [0, 0.1) is 11.8 Å². The van der Waals surface area contributed by atoms with E-state index in [4.69, 9.17) is 0 Å². The van der Waals surface area contributed by atoms with Crippen molar-refractivity contribution in [3.63, 3.8) is 0 Å². The molecule has 1 heterocycles. The Balaban J connectivity index is 2.22. The second kappa shape index (κ2) is 18.0. The van der Waals surface area contributed by atoms with Crippen molar-refractivity contribution in [2.45, 2.75) is 124 Å². The highest BCUT2D eigenvalue weighted by Crippen LogP contribution is 2.23. The number of amides is 1. The number of hydrogen-bond donors (Lipinski definition) is 0.